The molecule has 3 rings (SSSR count). The highest BCUT2D eigenvalue weighted by atomic mass is 32.2. The lowest BCUT2D eigenvalue weighted by molar-refractivity contribution is -0.138. The Kier molecular flexibility index (Phi) is 7.44. The van der Waals surface area contributed by atoms with Gasteiger partial charge >= 0.3 is 5.97 Å². The molecule has 0 aromatic heterocycles. The lowest BCUT2D eigenvalue weighted by atomic mass is 10.2. The van der Waals surface area contributed by atoms with Crippen molar-refractivity contribution in [2.45, 2.75) is 24.4 Å². The SMILES string of the molecule is COc1ccc(C=NN=C2NC(=O)C(CC(=O)O)S2)cc1OCCC1OCCO1. The van der Waals surface area contributed by atoms with Crippen LogP contribution in [0.5, 0.6) is 11.5 Å². The molecule has 29 heavy (non-hydrogen) atoms. The zero-order valence-electron chi connectivity index (χ0n) is 15.7. The number of carbonyl (C=O) groups is 2. The van der Waals surface area contributed by atoms with Crippen LogP contribution < -0.4 is 14.8 Å². The summed E-state index contributed by atoms with van der Waals surface area (Å²) in [5.41, 5.74) is 0.718. The van der Waals surface area contributed by atoms with E-state index >= 15 is 0 Å². The molecule has 1 atom stereocenters. The number of nitrogens with zero attached hydrogens (tertiary/aromatic N) is 2. The van der Waals surface area contributed by atoms with E-state index in [4.69, 9.17) is 24.1 Å². The summed E-state index contributed by atoms with van der Waals surface area (Å²) < 4.78 is 21.8. The summed E-state index contributed by atoms with van der Waals surface area (Å²) in [4.78, 5) is 22.4. The first-order chi connectivity index (χ1) is 14.0. The molecular formula is C18H21N3O7S. The third-order valence-corrected chi connectivity index (χ3v) is 5.05. The van der Waals surface area contributed by atoms with Crippen LogP contribution in [-0.4, -0.2) is 66.8 Å². The number of hydrogen-bond acceptors (Lipinski definition) is 9. The number of thioether (sulfide) groups is 1. The van der Waals surface area contributed by atoms with Crippen molar-refractivity contribution in [3.05, 3.63) is 23.8 Å². The van der Waals surface area contributed by atoms with Gasteiger partial charge in [0.25, 0.3) is 0 Å². The van der Waals surface area contributed by atoms with Crippen molar-refractivity contribution in [2.75, 3.05) is 26.9 Å². The van der Waals surface area contributed by atoms with Gasteiger partial charge in [-0.2, -0.15) is 5.10 Å². The van der Waals surface area contributed by atoms with E-state index in [1.807, 2.05) is 0 Å². The molecular weight excluding hydrogens is 402 g/mol. The minimum absolute atomic E-state index is 0.245. The third-order valence-electron chi connectivity index (χ3n) is 3.98. The van der Waals surface area contributed by atoms with E-state index in [0.717, 1.165) is 17.3 Å². The number of hydrogen-bond donors (Lipinski definition) is 2. The number of benzene rings is 1. The first-order valence-electron chi connectivity index (χ1n) is 8.89. The Hall–Kier alpha value is -2.63. The zero-order valence-corrected chi connectivity index (χ0v) is 16.5. The fourth-order valence-electron chi connectivity index (χ4n) is 2.62. The largest absolute Gasteiger partial charge is 0.493 e. The molecule has 2 heterocycles. The van der Waals surface area contributed by atoms with Crippen LogP contribution in [0.1, 0.15) is 18.4 Å². The number of methoxy groups -OCH3 is 1. The molecule has 2 aliphatic rings. The van der Waals surface area contributed by atoms with Crippen LogP contribution in [0.15, 0.2) is 28.4 Å². The van der Waals surface area contributed by atoms with Gasteiger partial charge in [-0.1, -0.05) is 11.8 Å². The maximum Gasteiger partial charge on any atom is 0.305 e. The van der Waals surface area contributed by atoms with Gasteiger partial charge in [0.05, 0.1) is 39.6 Å². The standard InChI is InChI=1S/C18H21N3O7S/c1-25-12-3-2-11(8-13(12)26-5-4-16-27-6-7-28-16)10-19-21-18-20-17(24)14(29-18)9-15(22)23/h2-3,8,10,14,16H,4-7,9H2,1H3,(H,22,23)(H,20,21,24). The molecule has 1 aromatic rings. The number of nitrogens with one attached hydrogen (secondary N) is 1. The predicted octanol–water partition coefficient (Wildman–Crippen LogP) is 1.23. The minimum atomic E-state index is -1.04. The lowest BCUT2D eigenvalue weighted by Gasteiger charge is -2.13. The summed E-state index contributed by atoms with van der Waals surface area (Å²) in [7, 11) is 1.55. The Balaban J connectivity index is 1.58. The summed E-state index contributed by atoms with van der Waals surface area (Å²) in [5, 5.41) is 18.8. The summed E-state index contributed by atoms with van der Waals surface area (Å²) in [6.45, 7) is 1.59. The van der Waals surface area contributed by atoms with Crippen LogP contribution in [0.3, 0.4) is 0 Å². The van der Waals surface area contributed by atoms with Crippen LogP contribution >= 0.6 is 11.8 Å². The highest BCUT2D eigenvalue weighted by Crippen LogP contribution is 2.28. The molecule has 0 saturated carbocycles. The number of carboxylic acids is 1. The number of carbonyl (C=O) groups excluding carboxylic acids is 1. The fraction of sp³-hybridized carbons (Fsp3) is 0.444. The van der Waals surface area contributed by atoms with E-state index in [2.05, 4.69) is 15.5 Å². The van der Waals surface area contributed by atoms with Crippen molar-refractivity contribution < 1.29 is 33.6 Å². The van der Waals surface area contributed by atoms with Gasteiger partial charge in [0.1, 0.15) is 5.25 Å². The molecule has 10 nitrogen and oxygen atoms in total. The molecule has 0 spiro atoms. The molecule has 2 aliphatic heterocycles. The molecule has 2 saturated heterocycles. The van der Waals surface area contributed by atoms with Gasteiger partial charge in [-0.25, -0.2) is 0 Å². The molecule has 156 valence electrons. The topological polar surface area (TPSA) is 128 Å². The molecule has 1 amide bonds. The van der Waals surface area contributed by atoms with E-state index in [1.165, 1.54) is 6.21 Å². The highest BCUT2D eigenvalue weighted by Gasteiger charge is 2.32. The molecule has 1 aromatic carbocycles. The number of amides is 1. The van der Waals surface area contributed by atoms with Crippen LogP contribution in [0.25, 0.3) is 0 Å². The fourth-order valence-corrected chi connectivity index (χ4v) is 3.53. The Morgan fingerprint density at radius 2 is 2.17 bits per heavy atom. The summed E-state index contributed by atoms with van der Waals surface area (Å²) in [5.74, 6) is -0.301. The summed E-state index contributed by atoms with van der Waals surface area (Å²) >= 11 is 1.04. The lowest BCUT2D eigenvalue weighted by Crippen LogP contribution is -2.26. The van der Waals surface area contributed by atoms with Crippen LogP contribution in [0, 0.1) is 0 Å². The summed E-state index contributed by atoms with van der Waals surface area (Å²) in [6, 6.07) is 5.29. The number of amidine groups is 1. The number of ether oxygens (including phenoxy) is 4. The Morgan fingerprint density at radius 3 is 2.90 bits per heavy atom. The van der Waals surface area contributed by atoms with Crippen molar-refractivity contribution in [1.29, 1.82) is 0 Å². The Labute approximate surface area is 171 Å². The molecule has 1 unspecified atom stereocenters. The number of rotatable bonds is 9. The summed E-state index contributed by atoms with van der Waals surface area (Å²) in [6.07, 6.45) is 1.59. The van der Waals surface area contributed by atoms with Crippen molar-refractivity contribution >= 4 is 35.0 Å². The average Bonchev–Trinajstić information content (AvgIpc) is 3.32. The van der Waals surface area contributed by atoms with Gasteiger partial charge in [-0.05, 0) is 23.8 Å². The quantitative estimate of drug-likeness (QED) is 0.448. The van der Waals surface area contributed by atoms with Crippen molar-refractivity contribution in [3.63, 3.8) is 0 Å². The van der Waals surface area contributed by atoms with E-state index in [-0.39, 0.29) is 23.8 Å². The highest BCUT2D eigenvalue weighted by molar-refractivity contribution is 8.15. The second kappa shape index (κ2) is 10.2. The van der Waals surface area contributed by atoms with E-state index in [0.29, 0.717) is 37.7 Å². The first kappa shape index (κ1) is 21.1. The van der Waals surface area contributed by atoms with Crippen molar-refractivity contribution in [3.8, 4) is 11.5 Å². The van der Waals surface area contributed by atoms with E-state index < -0.39 is 11.2 Å². The second-order valence-corrected chi connectivity index (χ2v) is 7.25. The second-order valence-electron chi connectivity index (χ2n) is 6.06. The van der Waals surface area contributed by atoms with E-state index in [9.17, 15) is 9.59 Å². The molecule has 0 radical (unpaired) electrons. The van der Waals surface area contributed by atoms with Crippen LogP contribution in [0.2, 0.25) is 0 Å². The first-order valence-corrected chi connectivity index (χ1v) is 9.77. The molecule has 2 fully saturated rings. The minimum Gasteiger partial charge on any atom is -0.493 e. The average molecular weight is 423 g/mol. The normalized spacial score (nSPS) is 21.1. The van der Waals surface area contributed by atoms with Crippen molar-refractivity contribution in [2.24, 2.45) is 10.2 Å². The van der Waals surface area contributed by atoms with Gasteiger partial charge in [-0.15, -0.1) is 5.10 Å². The van der Waals surface area contributed by atoms with Gasteiger partial charge in [0, 0.05) is 6.42 Å². The number of carboxylic acid groups (broad SMARTS) is 1. The molecule has 0 aliphatic carbocycles. The Morgan fingerprint density at radius 1 is 1.38 bits per heavy atom. The smallest absolute Gasteiger partial charge is 0.305 e. The molecule has 0 bridgehead atoms. The zero-order chi connectivity index (χ0) is 20.6. The predicted molar refractivity (Wildman–Crippen MR) is 106 cm³/mol. The van der Waals surface area contributed by atoms with E-state index in [1.54, 1.807) is 25.3 Å². The molecule has 11 heteroatoms. The molecule has 2 N–H and O–H groups in total. The van der Waals surface area contributed by atoms with Gasteiger partial charge in [-0.3, -0.25) is 9.59 Å². The maximum absolute atomic E-state index is 11.7. The van der Waals surface area contributed by atoms with Crippen molar-refractivity contribution in [1.82, 2.24) is 5.32 Å². The van der Waals surface area contributed by atoms with Crippen LogP contribution in [0.4, 0.5) is 0 Å². The van der Waals surface area contributed by atoms with Gasteiger partial charge in [0.15, 0.2) is 23.0 Å². The monoisotopic (exact) mass is 423 g/mol. The Bertz CT molecular complexity index is 809. The number of aliphatic carboxylic acids is 1. The van der Waals surface area contributed by atoms with Crippen LogP contribution in [-0.2, 0) is 19.1 Å². The van der Waals surface area contributed by atoms with Gasteiger partial charge < -0.3 is 29.4 Å². The third kappa shape index (κ3) is 6.17. The maximum atomic E-state index is 11.7. The van der Waals surface area contributed by atoms with Gasteiger partial charge in [0.2, 0.25) is 5.91 Å².